The largest absolute Gasteiger partial charge is 0.454 e. The molecule has 1 aromatic carbocycles. The van der Waals surface area contributed by atoms with Crippen molar-refractivity contribution >= 4 is 37.9 Å². The van der Waals surface area contributed by atoms with E-state index in [2.05, 4.69) is 26.0 Å². The van der Waals surface area contributed by atoms with Crippen molar-refractivity contribution in [3.63, 3.8) is 0 Å². The molecule has 106 valence electrons. The smallest absolute Gasteiger partial charge is 0.283 e. The van der Waals surface area contributed by atoms with Crippen LogP contribution in [0.2, 0.25) is 0 Å². The maximum absolute atomic E-state index is 11.3. The number of nitro groups is 1. The predicted octanol–water partition coefficient (Wildman–Crippen LogP) is 2.86. The monoisotopic (exact) mass is 368 g/mol. The Morgan fingerprint density at radius 2 is 2.14 bits per heavy atom. The molecule has 0 atom stereocenters. The Morgan fingerprint density at radius 1 is 1.38 bits per heavy atom. The van der Waals surface area contributed by atoms with Gasteiger partial charge in [-0.1, -0.05) is 11.3 Å². The molecule has 0 bridgehead atoms. The lowest BCUT2D eigenvalue weighted by atomic mass is 10.1. The van der Waals surface area contributed by atoms with Crippen LogP contribution in [0, 0.1) is 10.1 Å². The van der Waals surface area contributed by atoms with Gasteiger partial charge in [0.2, 0.25) is 11.8 Å². The van der Waals surface area contributed by atoms with Crippen molar-refractivity contribution in [3.05, 3.63) is 33.0 Å². The molecule has 0 saturated carbocycles. The molecule has 0 saturated heterocycles. The van der Waals surface area contributed by atoms with E-state index >= 15 is 0 Å². The van der Waals surface area contributed by atoms with Gasteiger partial charge in [0.15, 0.2) is 16.5 Å². The first kappa shape index (κ1) is 12.5. The third-order valence-corrected chi connectivity index (χ3v) is 4.46. The fourth-order valence-corrected chi connectivity index (χ4v) is 3.40. The summed E-state index contributed by atoms with van der Waals surface area (Å²) in [6, 6.07) is 2.93. The Bertz CT molecular complexity index is 890. The maximum atomic E-state index is 11.3. The van der Waals surface area contributed by atoms with Crippen molar-refractivity contribution < 1.29 is 14.4 Å². The maximum Gasteiger partial charge on any atom is 0.283 e. The highest BCUT2D eigenvalue weighted by atomic mass is 79.9. The first-order valence-corrected chi connectivity index (χ1v) is 7.33. The summed E-state index contributed by atoms with van der Waals surface area (Å²) < 4.78 is 12.7. The average molecular weight is 369 g/mol. The summed E-state index contributed by atoms with van der Waals surface area (Å²) in [7, 11) is 0. The van der Waals surface area contributed by atoms with Gasteiger partial charge in [-0.3, -0.25) is 10.1 Å². The fourth-order valence-electron chi connectivity index (χ4n) is 2.03. The number of hydrogen-bond acceptors (Lipinski definition) is 7. The molecule has 8 nitrogen and oxygen atoms in total. The molecule has 1 aliphatic rings. The van der Waals surface area contributed by atoms with Crippen molar-refractivity contribution in [1.29, 1.82) is 0 Å². The van der Waals surface area contributed by atoms with Gasteiger partial charge < -0.3 is 9.47 Å². The van der Waals surface area contributed by atoms with Crippen LogP contribution in [0.1, 0.15) is 0 Å². The van der Waals surface area contributed by atoms with E-state index in [9.17, 15) is 10.1 Å². The summed E-state index contributed by atoms with van der Waals surface area (Å²) in [6.07, 6.45) is 1.62. The second-order valence-electron chi connectivity index (χ2n) is 4.16. The molecule has 0 N–H and O–H groups in total. The van der Waals surface area contributed by atoms with Gasteiger partial charge in [0.25, 0.3) is 5.69 Å². The summed E-state index contributed by atoms with van der Waals surface area (Å²) in [6.45, 7) is 0.0582. The summed E-state index contributed by atoms with van der Waals surface area (Å²) in [5.74, 6) is 0.843. The normalized spacial score (nSPS) is 13.0. The van der Waals surface area contributed by atoms with Crippen molar-refractivity contribution in [3.8, 4) is 22.1 Å². The summed E-state index contributed by atoms with van der Waals surface area (Å²) in [4.78, 5) is 15.6. The lowest BCUT2D eigenvalue weighted by Crippen LogP contribution is -1.93. The van der Waals surface area contributed by atoms with Crippen LogP contribution in [0.3, 0.4) is 0 Å². The number of halogens is 1. The highest BCUT2D eigenvalue weighted by molar-refractivity contribution is 9.10. The van der Waals surface area contributed by atoms with Crippen molar-refractivity contribution in [1.82, 2.24) is 14.6 Å². The first-order valence-electron chi connectivity index (χ1n) is 5.72. The van der Waals surface area contributed by atoms with Gasteiger partial charge in [0, 0.05) is 6.07 Å². The molecule has 0 amide bonds. The zero-order valence-corrected chi connectivity index (χ0v) is 12.5. The van der Waals surface area contributed by atoms with Crippen LogP contribution in [0.25, 0.3) is 15.5 Å². The van der Waals surface area contributed by atoms with E-state index in [4.69, 9.17) is 9.47 Å². The highest BCUT2D eigenvalue weighted by Gasteiger charge is 2.26. The number of nitro benzene ring substituents is 1. The number of rotatable bonds is 2. The van der Waals surface area contributed by atoms with E-state index in [1.165, 1.54) is 17.4 Å². The molecule has 0 unspecified atom stereocenters. The van der Waals surface area contributed by atoms with Crippen molar-refractivity contribution in [2.75, 3.05) is 6.79 Å². The van der Waals surface area contributed by atoms with Crippen LogP contribution >= 0.6 is 27.3 Å². The number of fused-ring (bicyclic) bond motifs is 2. The molecule has 3 aromatic rings. The topological polar surface area (TPSA) is 91.8 Å². The van der Waals surface area contributed by atoms with Crippen LogP contribution in [0.5, 0.6) is 11.5 Å². The lowest BCUT2D eigenvalue weighted by molar-refractivity contribution is -0.384. The zero-order valence-electron chi connectivity index (χ0n) is 10.1. The minimum atomic E-state index is -0.462. The highest BCUT2D eigenvalue weighted by Crippen LogP contribution is 2.43. The molecule has 0 fully saturated rings. The van der Waals surface area contributed by atoms with Gasteiger partial charge in [-0.05, 0) is 15.9 Å². The first-order chi connectivity index (χ1) is 10.1. The number of imidazole rings is 1. The minimum Gasteiger partial charge on any atom is -0.454 e. The number of hydrogen-bond donors (Lipinski definition) is 0. The van der Waals surface area contributed by atoms with Gasteiger partial charge in [0.05, 0.1) is 22.7 Å². The Hall–Kier alpha value is -2.20. The Kier molecular flexibility index (Phi) is 2.62. The van der Waals surface area contributed by atoms with E-state index in [1.54, 1.807) is 16.8 Å². The molecule has 0 aliphatic carbocycles. The Labute approximate surface area is 129 Å². The summed E-state index contributed by atoms with van der Waals surface area (Å²) >= 11 is 4.57. The van der Waals surface area contributed by atoms with Gasteiger partial charge >= 0.3 is 0 Å². The fraction of sp³-hybridized carbons (Fsp3) is 0.0909. The third kappa shape index (κ3) is 1.87. The molecule has 1 aliphatic heterocycles. The number of nitrogens with zero attached hydrogens (tertiary/aromatic N) is 4. The third-order valence-electron chi connectivity index (χ3n) is 2.96. The Balaban J connectivity index is 1.95. The molecule has 0 spiro atoms. The van der Waals surface area contributed by atoms with Crippen molar-refractivity contribution in [2.24, 2.45) is 0 Å². The molecular formula is C11H5BrN4O4S. The van der Waals surface area contributed by atoms with E-state index in [0.29, 0.717) is 31.6 Å². The average Bonchev–Trinajstić information content (AvgIpc) is 3.14. The van der Waals surface area contributed by atoms with Gasteiger partial charge in [-0.2, -0.15) is 9.61 Å². The number of aromatic nitrogens is 3. The molecular weight excluding hydrogens is 364 g/mol. The van der Waals surface area contributed by atoms with Crippen LogP contribution in [-0.4, -0.2) is 26.3 Å². The van der Waals surface area contributed by atoms with Gasteiger partial charge in [0.1, 0.15) is 4.60 Å². The van der Waals surface area contributed by atoms with E-state index in [0.717, 1.165) is 0 Å². The Morgan fingerprint density at radius 3 is 2.86 bits per heavy atom. The molecule has 4 rings (SSSR count). The van der Waals surface area contributed by atoms with Crippen LogP contribution in [0.4, 0.5) is 5.69 Å². The van der Waals surface area contributed by atoms with E-state index in [1.807, 2.05) is 0 Å². The van der Waals surface area contributed by atoms with Gasteiger partial charge in [-0.25, -0.2) is 4.98 Å². The minimum absolute atomic E-state index is 0.0582. The van der Waals surface area contributed by atoms with Crippen LogP contribution < -0.4 is 9.47 Å². The number of benzene rings is 1. The second-order valence-corrected chi connectivity index (χ2v) is 5.93. The van der Waals surface area contributed by atoms with E-state index < -0.39 is 4.92 Å². The summed E-state index contributed by atoms with van der Waals surface area (Å²) in [5.41, 5.74) is 0.305. The predicted molar refractivity (Wildman–Crippen MR) is 76.8 cm³/mol. The SMILES string of the molecule is O=[N+]([O-])c1cc2c(cc1-c1nn3c(Br)cnc3s1)OCO2. The van der Waals surface area contributed by atoms with Crippen molar-refractivity contribution in [2.45, 2.75) is 0 Å². The van der Waals surface area contributed by atoms with Crippen LogP contribution in [-0.2, 0) is 0 Å². The molecule has 10 heteroatoms. The van der Waals surface area contributed by atoms with Gasteiger partial charge in [-0.15, -0.1) is 0 Å². The lowest BCUT2D eigenvalue weighted by Gasteiger charge is -2.01. The van der Waals surface area contributed by atoms with Crippen LogP contribution in [0.15, 0.2) is 22.9 Å². The molecule has 2 aromatic heterocycles. The molecule has 0 radical (unpaired) electrons. The molecule has 21 heavy (non-hydrogen) atoms. The second kappa shape index (κ2) is 4.40. The molecule has 3 heterocycles. The zero-order chi connectivity index (χ0) is 14.6. The summed E-state index contributed by atoms with van der Waals surface area (Å²) in [5, 5.41) is 16.1. The standard InChI is InChI=1S/C11H5BrN4O4S/c12-9-3-13-11-15(9)14-10(21-11)5-1-7-8(20-4-19-7)2-6(5)16(17)18/h1-3H,4H2. The van der Waals surface area contributed by atoms with E-state index in [-0.39, 0.29) is 12.5 Å². The quantitative estimate of drug-likeness (QED) is 0.510. The number of ether oxygens (including phenoxy) is 2.